The average molecular weight is 322 g/mol. The average Bonchev–Trinajstić information content (AvgIpc) is 2.53. The number of allylic oxidation sites excluding steroid dienone is 1. The largest absolute Gasteiger partial charge is 0.493 e. The minimum atomic E-state index is -3.03. The van der Waals surface area contributed by atoms with Gasteiger partial charge in [-0.1, -0.05) is 24.3 Å². The van der Waals surface area contributed by atoms with Gasteiger partial charge in [0, 0.05) is 11.1 Å². The lowest BCUT2D eigenvalue weighted by Gasteiger charge is -2.12. The molecule has 0 bridgehead atoms. The third-order valence-electron chi connectivity index (χ3n) is 2.96. The van der Waals surface area contributed by atoms with E-state index >= 15 is 0 Å². The van der Waals surface area contributed by atoms with Gasteiger partial charge in [-0.15, -0.1) is 0 Å². The van der Waals surface area contributed by atoms with Crippen molar-refractivity contribution in [2.24, 2.45) is 0 Å². The highest BCUT2D eigenvalue weighted by molar-refractivity contribution is 6.07. The number of para-hydroxylation sites is 1. The van der Waals surface area contributed by atoms with Crippen molar-refractivity contribution in [3.63, 3.8) is 0 Å². The Balaban J connectivity index is 2.30. The summed E-state index contributed by atoms with van der Waals surface area (Å²) in [5.41, 5.74) is 0.398. The molecule has 0 atom stereocenters. The van der Waals surface area contributed by atoms with E-state index in [4.69, 9.17) is 4.74 Å². The first-order chi connectivity index (χ1) is 11.0. The second-order valence-corrected chi connectivity index (χ2v) is 4.47. The third-order valence-corrected chi connectivity index (χ3v) is 2.96. The topological polar surface area (TPSA) is 35.5 Å². The van der Waals surface area contributed by atoms with Crippen molar-refractivity contribution in [3.05, 3.63) is 65.5 Å². The summed E-state index contributed by atoms with van der Waals surface area (Å²) < 4.78 is 47.5. The summed E-state index contributed by atoms with van der Waals surface area (Å²) in [7, 11) is 1.32. The molecule has 0 spiro atoms. The predicted octanol–water partition coefficient (Wildman–Crippen LogP) is 4.33. The number of carbonyl (C=O) groups is 1. The maximum atomic E-state index is 13.1. The van der Waals surface area contributed by atoms with Gasteiger partial charge in [0.05, 0.1) is 7.11 Å². The molecule has 0 heterocycles. The van der Waals surface area contributed by atoms with Crippen molar-refractivity contribution in [2.45, 2.75) is 6.61 Å². The van der Waals surface area contributed by atoms with Gasteiger partial charge in [0.25, 0.3) is 0 Å². The normalized spacial score (nSPS) is 11.0. The van der Waals surface area contributed by atoms with Crippen LogP contribution in [0.25, 0.3) is 6.08 Å². The second-order valence-electron chi connectivity index (χ2n) is 4.47. The van der Waals surface area contributed by atoms with Crippen molar-refractivity contribution in [3.8, 4) is 11.5 Å². The Morgan fingerprint density at radius 2 is 1.91 bits per heavy atom. The molecule has 2 aromatic rings. The molecule has 0 amide bonds. The van der Waals surface area contributed by atoms with E-state index in [1.165, 1.54) is 43.5 Å². The van der Waals surface area contributed by atoms with Crippen LogP contribution in [0.5, 0.6) is 11.5 Å². The maximum Gasteiger partial charge on any atom is 0.387 e. The number of halogens is 3. The van der Waals surface area contributed by atoms with Gasteiger partial charge in [-0.2, -0.15) is 8.78 Å². The molecule has 6 heteroatoms. The summed E-state index contributed by atoms with van der Waals surface area (Å²) in [6.07, 6.45) is 2.47. The SMILES string of the molecule is COc1cccc(/C=C/C(=O)c2cccc(F)c2)c1OC(F)F. The highest BCUT2D eigenvalue weighted by Gasteiger charge is 2.14. The Morgan fingerprint density at radius 3 is 2.57 bits per heavy atom. The Kier molecular flexibility index (Phi) is 5.41. The van der Waals surface area contributed by atoms with Gasteiger partial charge in [0.2, 0.25) is 0 Å². The molecule has 0 aliphatic heterocycles. The lowest BCUT2D eigenvalue weighted by molar-refractivity contribution is -0.0513. The fourth-order valence-electron chi connectivity index (χ4n) is 1.94. The van der Waals surface area contributed by atoms with Crippen LogP contribution >= 0.6 is 0 Å². The van der Waals surface area contributed by atoms with E-state index in [-0.39, 0.29) is 22.6 Å². The molecule has 2 aromatic carbocycles. The molecule has 0 radical (unpaired) electrons. The Morgan fingerprint density at radius 1 is 1.17 bits per heavy atom. The van der Waals surface area contributed by atoms with Crippen molar-refractivity contribution in [1.82, 2.24) is 0 Å². The van der Waals surface area contributed by atoms with Crippen LogP contribution in [0.4, 0.5) is 13.2 Å². The van der Waals surface area contributed by atoms with Crippen LogP contribution in [0, 0.1) is 5.82 Å². The van der Waals surface area contributed by atoms with E-state index in [1.807, 2.05) is 0 Å². The number of methoxy groups -OCH3 is 1. The first-order valence-corrected chi connectivity index (χ1v) is 6.61. The van der Waals surface area contributed by atoms with E-state index < -0.39 is 18.2 Å². The van der Waals surface area contributed by atoms with Gasteiger partial charge in [0.1, 0.15) is 5.82 Å². The Labute approximate surface area is 131 Å². The van der Waals surface area contributed by atoms with E-state index in [2.05, 4.69) is 4.74 Å². The number of rotatable bonds is 6. The van der Waals surface area contributed by atoms with Gasteiger partial charge >= 0.3 is 6.61 Å². The zero-order valence-corrected chi connectivity index (χ0v) is 12.1. The number of ketones is 1. The molecule has 0 unspecified atom stereocenters. The fraction of sp³-hybridized carbons (Fsp3) is 0.118. The summed E-state index contributed by atoms with van der Waals surface area (Å²) in [6.45, 7) is -3.03. The number of alkyl halides is 2. The zero-order chi connectivity index (χ0) is 16.8. The molecule has 0 fully saturated rings. The summed E-state index contributed by atoms with van der Waals surface area (Å²) in [5, 5.41) is 0. The van der Waals surface area contributed by atoms with Gasteiger partial charge in [-0.3, -0.25) is 4.79 Å². The van der Waals surface area contributed by atoms with Crippen molar-refractivity contribution in [2.75, 3.05) is 7.11 Å². The van der Waals surface area contributed by atoms with Gasteiger partial charge < -0.3 is 9.47 Å². The van der Waals surface area contributed by atoms with Gasteiger partial charge in [0.15, 0.2) is 17.3 Å². The Hall–Kier alpha value is -2.76. The van der Waals surface area contributed by atoms with Crippen LogP contribution in [0.2, 0.25) is 0 Å². The zero-order valence-electron chi connectivity index (χ0n) is 12.1. The molecule has 0 aliphatic rings. The van der Waals surface area contributed by atoms with Crippen LogP contribution in [-0.4, -0.2) is 19.5 Å². The molecule has 0 saturated carbocycles. The van der Waals surface area contributed by atoms with E-state index in [0.29, 0.717) is 0 Å². The van der Waals surface area contributed by atoms with Crippen molar-refractivity contribution >= 4 is 11.9 Å². The van der Waals surface area contributed by atoms with Crippen LogP contribution < -0.4 is 9.47 Å². The van der Waals surface area contributed by atoms with Crippen LogP contribution in [-0.2, 0) is 0 Å². The second kappa shape index (κ2) is 7.49. The van der Waals surface area contributed by atoms with Crippen molar-refractivity contribution in [1.29, 1.82) is 0 Å². The summed E-state index contributed by atoms with van der Waals surface area (Å²) in [5.74, 6) is -1.05. The minimum absolute atomic E-state index is 0.116. The number of carbonyl (C=O) groups excluding carboxylic acids is 1. The minimum Gasteiger partial charge on any atom is -0.493 e. The number of ether oxygens (including phenoxy) is 2. The Bertz CT molecular complexity index is 727. The maximum absolute atomic E-state index is 13.1. The first-order valence-electron chi connectivity index (χ1n) is 6.61. The number of benzene rings is 2. The molecule has 23 heavy (non-hydrogen) atoms. The molecular formula is C17H13F3O3. The summed E-state index contributed by atoms with van der Waals surface area (Å²) >= 11 is 0. The highest BCUT2D eigenvalue weighted by Crippen LogP contribution is 2.33. The molecule has 0 aliphatic carbocycles. The smallest absolute Gasteiger partial charge is 0.387 e. The van der Waals surface area contributed by atoms with Crippen LogP contribution in [0.1, 0.15) is 15.9 Å². The molecule has 2 rings (SSSR count). The van der Waals surface area contributed by atoms with E-state index in [9.17, 15) is 18.0 Å². The van der Waals surface area contributed by atoms with Crippen LogP contribution in [0.3, 0.4) is 0 Å². The van der Waals surface area contributed by atoms with Gasteiger partial charge in [-0.05, 0) is 30.4 Å². The number of hydrogen-bond acceptors (Lipinski definition) is 3. The lowest BCUT2D eigenvalue weighted by Crippen LogP contribution is -2.05. The molecule has 0 N–H and O–H groups in total. The lowest BCUT2D eigenvalue weighted by atomic mass is 10.1. The highest BCUT2D eigenvalue weighted by atomic mass is 19.3. The summed E-state index contributed by atoms with van der Waals surface area (Å²) in [4.78, 5) is 12.0. The predicted molar refractivity (Wildman–Crippen MR) is 79.4 cm³/mol. The molecule has 0 saturated heterocycles. The molecule has 120 valence electrons. The molecule has 0 aromatic heterocycles. The first kappa shape index (κ1) is 16.6. The standard InChI is InChI=1S/C17H13F3O3/c1-22-15-7-3-4-11(16(15)23-17(19)20)8-9-14(21)12-5-2-6-13(18)10-12/h2-10,17H,1H3/b9-8+. The third kappa shape index (κ3) is 4.35. The fourth-order valence-corrected chi connectivity index (χ4v) is 1.94. The molecular weight excluding hydrogens is 309 g/mol. The number of hydrogen-bond donors (Lipinski definition) is 0. The molecule has 3 nitrogen and oxygen atoms in total. The van der Waals surface area contributed by atoms with Gasteiger partial charge in [-0.25, -0.2) is 4.39 Å². The van der Waals surface area contributed by atoms with E-state index in [0.717, 1.165) is 12.1 Å². The van der Waals surface area contributed by atoms with Crippen molar-refractivity contribution < 1.29 is 27.4 Å². The monoisotopic (exact) mass is 322 g/mol. The summed E-state index contributed by atoms with van der Waals surface area (Å²) in [6, 6.07) is 9.71. The van der Waals surface area contributed by atoms with E-state index in [1.54, 1.807) is 6.07 Å². The quantitative estimate of drug-likeness (QED) is 0.586. The van der Waals surface area contributed by atoms with Crippen LogP contribution in [0.15, 0.2) is 48.5 Å².